The molecule has 0 radical (unpaired) electrons. The molecule has 0 spiro atoms. The second-order valence-electron chi connectivity index (χ2n) is 4.05. The molecular formula is C13H12Cl2FN3. The van der Waals surface area contributed by atoms with E-state index in [4.69, 9.17) is 34.8 Å². The number of benzene rings is 2. The van der Waals surface area contributed by atoms with Crippen LogP contribution < -0.4 is 17.0 Å². The van der Waals surface area contributed by atoms with Crippen LogP contribution in [0.2, 0.25) is 10.0 Å². The molecule has 100 valence electrons. The third kappa shape index (κ3) is 2.98. The Hall–Kier alpha value is -1.33. The van der Waals surface area contributed by atoms with Crippen LogP contribution in [-0.2, 0) is 0 Å². The van der Waals surface area contributed by atoms with Crippen LogP contribution in [0.5, 0.6) is 0 Å². The Morgan fingerprint density at radius 1 is 1.05 bits per heavy atom. The lowest BCUT2D eigenvalue weighted by Crippen LogP contribution is -2.29. The molecule has 1 atom stereocenters. The lowest BCUT2D eigenvalue weighted by atomic mass is 9.98. The highest BCUT2D eigenvalue weighted by molar-refractivity contribution is 6.42. The molecule has 3 nitrogen and oxygen atoms in total. The van der Waals surface area contributed by atoms with Crippen LogP contribution in [0, 0.1) is 5.82 Å². The average Bonchev–Trinajstić information content (AvgIpc) is 2.38. The van der Waals surface area contributed by atoms with Gasteiger partial charge in [-0.3, -0.25) is 5.84 Å². The second kappa shape index (κ2) is 5.75. The van der Waals surface area contributed by atoms with E-state index in [9.17, 15) is 4.39 Å². The number of halogens is 3. The molecule has 0 saturated carbocycles. The molecule has 0 aliphatic carbocycles. The van der Waals surface area contributed by atoms with Gasteiger partial charge in [-0.05, 0) is 35.9 Å². The Kier molecular flexibility index (Phi) is 4.27. The summed E-state index contributed by atoms with van der Waals surface area (Å²) in [5.74, 6) is 5.16. The number of nitrogens with one attached hydrogen (secondary N) is 1. The maximum absolute atomic E-state index is 13.3. The number of rotatable bonds is 3. The maximum Gasteiger partial charge on any atom is 0.123 e. The van der Waals surface area contributed by atoms with Crippen LogP contribution in [0.4, 0.5) is 10.1 Å². The Bertz CT molecular complexity index is 604. The molecule has 0 aromatic heterocycles. The lowest BCUT2D eigenvalue weighted by molar-refractivity contribution is 0.606. The maximum atomic E-state index is 13.3. The van der Waals surface area contributed by atoms with Crippen molar-refractivity contribution in [1.29, 1.82) is 0 Å². The largest absolute Gasteiger partial charge is 0.398 e. The predicted molar refractivity (Wildman–Crippen MR) is 76.4 cm³/mol. The molecule has 2 aromatic carbocycles. The van der Waals surface area contributed by atoms with E-state index >= 15 is 0 Å². The van der Waals surface area contributed by atoms with Gasteiger partial charge in [-0.1, -0.05) is 29.3 Å². The van der Waals surface area contributed by atoms with E-state index in [0.717, 1.165) is 5.56 Å². The average molecular weight is 300 g/mol. The van der Waals surface area contributed by atoms with Gasteiger partial charge in [0.05, 0.1) is 16.1 Å². The van der Waals surface area contributed by atoms with E-state index in [1.165, 1.54) is 18.2 Å². The van der Waals surface area contributed by atoms with Gasteiger partial charge in [0.15, 0.2) is 0 Å². The number of hydrazine groups is 1. The Morgan fingerprint density at radius 2 is 1.79 bits per heavy atom. The van der Waals surface area contributed by atoms with E-state index in [1.807, 2.05) is 0 Å². The summed E-state index contributed by atoms with van der Waals surface area (Å²) in [5, 5.41) is 0.836. The summed E-state index contributed by atoms with van der Waals surface area (Å²) in [5.41, 5.74) is 10.2. The molecule has 6 heteroatoms. The van der Waals surface area contributed by atoms with Crippen molar-refractivity contribution in [1.82, 2.24) is 5.43 Å². The highest BCUT2D eigenvalue weighted by atomic mass is 35.5. The highest BCUT2D eigenvalue weighted by Gasteiger charge is 2.17. The molecule has 0 aliphatic rings. The van der Waals surface area contributed by atoms with E-state index < -0.39 is 6.04 Å². The SMILES string of the molecule is NNC(c1ccc(Cl)c(Cl)c1)c1cc(F)ccc1N. The van der Waals surface area contributed by atoms with Crippen molar-refractivity contribution < 1.29 is 4.39 Å². The van der Waals surface area contributed by atoms with Gasteiger partial charge in [0.2, 0.25) is 0 Å². The number of anilines is 1. The minimum absolute atomic E-state index is 0.385. The fraction of sp³-hybridized carbons (Fsp3) is 0.0769. The smallest absolute Gasteiger partial charge is 0.123 e. The van der Waals surface area contributed by atoms with Gasteiger partial charge in [-0.15, -0.1) is 0 Å². The molecule has 5 N–H and O–H groups in total. The Morgan fingerprint density at radius 3 is 2.42 bits per heavy atom. The highest BCUT2D eigenvalue weighted by Crippen LogP contribution is 2.31. The predicted octanol–water partition coefficient (Wildman–Crippen LogP) is 3.27. The Balaban J connectivity index is 2.49. The van der Waals surface area contributed by atoms with Crippen molar-refractivity contribution in [3.63, 3.8) is 0 Å². The molecule has 0 heterocycles. The number of hydrogen-bond acceptors (Lipinski definition) is 3. The van der Waals surface area contributed by atoms with Gasteiger partial charge < -0.3 is 5.73 Å². The van der Waals surface area contributed by atoms with Crippen molar-refractivity contribution in [2.75, 3.05) is 5.73 Å². The van der Waals surface area contributed by atoms with E-state index in [-0.39, 0.29) is 5.82 Å². The van der Waals surface area contributed by atoms with Crippen molar-refractivity contribution in [3.8, 4) is 0 Å². The van der Waals surface area contributed by atoms with Crippen molar-refractivity contribution in [2.45, 2.75) is 6.04 Å². The first-order valence-corrected chi connectivity index (χ1v) is 6.24. The van der Waals surface area contributed by atoms with Crippen molar-refractivity contribution in [3.05, 3.63) is 63.4 Å². The summed E-state index contributed by atoms with van der Waals surface area (Å²) < 4.78 is 13.3. The molecular weight excluding hydrogens is 288 g/mol. The van der Waals surface area contributed by atoms with E-state index in [2.05, 4.69) is 5.43 Å². The van der Waals surface area contributed by atoms with Gasteiger partial charge in [0.1, 0.15) is 5.82 Å². The second-order valence-corrected chi connectivity index (χ2v) is 4.86. The van der Waals surface area contributed by atoms with Gasteiger partial charge >= 0.3 is 0 Å². The summed E-state index contributed by atoms with van der Waals surface area (Å²) in [4.78, 5) is 0. The first-order valence-electron chi connectivity index (χ1n) is 5.49. The Labute approximate surface area is 120 Å². The first-order chi connectivity index (χ1) is 9.02. The van der Waals surface area contributed by atoms with Crippen molar-refractivity contribution >= 4 is 28.9 Å². The zero-order valence-electron chi connectivity index (χ0n) is 9.83. The molecule has 2 rings (SSSR count). The molecule has 0 bridgehead atoms. The van der Waals surface area contributed by atoms with Crippen LogP contribution in [0.3, 0.4) is 0 Å². The monoisotopic (exact) mass is 299 g/mol. The summed E-state index contributed by atoms with van der Waals surface area (Å²) >= 11 is 11.8. The summed E-state index contributed by atoms with van der Waals surface area (Å²) in [7, 11) is 0. The lowest BCUT2D eigenvalue weighted by Gasteiger charge is -2.19. The van der Waals surface area contributed by atoms with Gasteiger partial charge in [-0.2, -0.15) is 0 Å². The van der Waals surface area contributed by atoms with Gasteiger partial charge in [0.25, 0.3) is 0 Å². The third-order valence-corrected chi connectivity index (χ3v) is 3.54. The normalized spacial score (nSPS) is 12.4. The fourth-order valence-electron chi connectivity index (χ4n) is 1.85. The fourth-order valence-corrected chi connectivity index (χ4v) is 2.16. The van der Waals surface area contributed by atoms with E-state index in [0.29, 0.717) is 21.3 Å². The minimum Gasteiger partial charge on any atom is -0.398 e. The summed E-state index contributed by atoms with van der Waals surface area (Å²) in [6.07, 6.45) is 0. The first kappa shape index (κ1) is 14.1. The number of nitrogens with two attached hydrogens (primary N) is 2. The molecule has 2 aromatic rings. The minimum atomic E-state index is -0.467. The zero-order chi connectivity index (χ0) is 14.0. The van der Waals surface area contributed by atoms with Crippen LogP contribution in [-0.4, -0.2) is 0 Å². The molecule has 0 fully saturated rings. The number of hydrogen-bond donors (Lipinski definition) is 3. The molecule has 0 amide bonds. The van der Waals surface area contributed by atoms with Crippen molar-refractivity contribution in [2.24, 2.45) is 5.84 Å². The molecule has 0 saturated heterocycles. The molecule has 19 heavy (non-hydrogen) atoms. The summed E-state index contributed by atoms with van der Waals surface area (Å²) in [6, 6.07) is 8.72. The van der Waals surface area contributed by atoms with Crippen LogP contribution in [0.1, 0.15) is 17.2 Å². The standard InChI is InChI=1S/C13H12Cl2FN3/c14-10-3-1-7(5-11(10)15)13(19-18)9-6-8(16)2-4-12(9)17/h1-6,13,19H,17-18H2. The van der Waals surface area contributed by atoms with Crippen LogP contribution in [0.15, 0.2) is 36.4 Å². The number of nitrogen functional groups attached to an aromatic ring is 1. The molecule has 1 unspecified atom stereocenters. The van der Waals surface area contributed by atoms with Gasteiger partial charge in [-0.25, -0.2) is 9.82 Å². The summed E-state index contributed by atoms with van der Waals surface area (Å²) in [6.45, 7) is 0. The van der Waals surface area contributed by atoms with E-state index in [1.54, 1.807) is 18.2 Å². The van der Waals surface area contributed by atoms with Gasteiger partial charge in [0, 0.05) is 11.3 Å². The zero-order valence-corrected chi connectivity index (χ0v) is 11.3. The quantitative estimate of drug-likeness (QED) is 0.463. The van der Waals surface area contributed by atoms with Crippen LogP contribution >= 0.6 is 23.2 Å². The topological polar surface area (TPSA) is 64.1 Å². The third-order valence-electron chi connectivity index (χ3n) is 2.80. The molecule has 0 aliphatic heterocycles. The van der Waals surface area contributed by atoms with Crippen LogP contribution in [0.25, 0.3) is 0 Å².